The van der Waals surface area contributed by atoms with Gasteiger partial charge in [0.05, 0.1) is 6.61 Å². The molecule has 0 saturated carbocycles. The Morgan fingerprint density at radius 1 is 1.15 bits per heavy atom. The summed E-state index contributed by atoms with van der Waals surface area (Å²) in [4.78, 5) is 0. The van der Waals surface area contributed by atoms with Crippen molar-refractivity contribution in [2.75, 3.05) is 19.8 Å². The second kappa shape index (κ2) is 7.34. The van der Waals surface area contributed by atoms with E-state index in [1.54, 1.807) is 0 Å². The van der Waals surface area contributed by atoms with Gasteiger partial charge in [0.15, 0.2) is 0 Å². The minimum absolute atomic E-state index is 0.580. The zero-order valence-electron chi connectivity index (χ0n) is 9.76. The van der Waals surface area contributed by atoms with Crippen molar-refractivity contribution in [2.24, 2.45) is 11.8 Å². The molecule has 0 rings (SSSR count). The molecule has 0 aromatic rings. The van der Waals surface area contributed by atoms with E-state index >= 15 is 0 Å². The summed E-state index contributed by atoms with van der Waals surface area (Å²) in [5, 5.41) is 3.51. The van der Waals surface area contributed by atoms with E-state index in [-0.39, 0.29) is 0 Å². The predicted molar refractivity (Wildman–Crippen MR) is 58.0 cm³/mol. The van der Waals surface area contributed by atoms with Crippen molar-refractivity contribution >= 4 is 0 Å². The van der Waals surface area contributed by atoms with Crippen LogP contribution in [0.15, 0.2) is 0 Å². The van der Waals surface area contributed by atoms with Gasteiger partial charge in [-0.05, 0) is 25.3 Å². The van der Waals surface area contributed by atoms with Crippen LogP contribution in [0.25, 0.3) is 0 Å². The Bertz CT molecular complexity index is 115. The molecule has 0 aliphatic heterocycles. The largest absolute Gasteiger partial charge is 0.381 e. The van der Waals surface area contributed by atoms with Crippen LogP contribution >= 0.6 is 0 Å². The Balaban J connectivity index is 3.87. The molecule has 2 heteroatoms. The average molecular weight is 187 g/mol. The van der Waals surface area contributed by atoms with Gasteiger partial charge in [-0.25, -0.2) is 0 Å². The van der Waals surface area contributed by atoms with Gasteiger partial charge in [0.2, 0.25) is 0 Å². The van der Waals surface area contributed by atoms with E-state index in [2.05, 4.69) is 33.0 Å². The fourth-order valence-corrected chi connectivity index (χ4v) is 1.74. The first kappa shape index (κ1) is 12.9. The Labute approximate surface area is 83.1 Å². The van der Waals surface area contributed by atoms with Gasteiger partial charge in [-0.1, -0.05) is 27.7 Å². The minimum Gasteiger partial charge on any atom is -0.381 e. The Morgan fingerprint density at radius 3 is 2.15 bits per heavy atom. The van der Waals surface area contributed by atoms with Gasteiger partial charge in [-0.15, -0.1) is 0 Å². The molecule has 0 fully saturated rings. The van der Waals surface area contributed by atoms with Crippen molar-refractivity contribution in [2.45, 2.75) is 40.7 Å². The fourth-order valence-electron chi connectivity index (χ4n) is 1.74. The molecule has 0 bridgehead atoms. The molecule has 13 heavy (non-hydrogen) atoms. The van der Waals surface area contributed by atoms with Crippen LogP contribution in [0, 0.1) is 11.8 Å². The van der Waals surface area contributed by atoms with Gasteiger partial charge in [0.1, 0.15) is 0 Å². The predicted octanol–water partition coefficient (Wildman–Crippen LogP) is 2.29. The highest BCUT2D eigenvalue weighted by atomic mass is 16.5. The summed E-state index contributed by atoms with van der Waals surface area (Å²) in [6.45, 7) is 13.7. The van der Waals surface area contributed by atoms with Gasteiger partial charge >= 0.3 is 0 Å². The smallest absolute Gasteiger partial charge is 0.0506 e. The van der Waals surface area contributed by atoms with Crippen LogP contribution in [0.3, 0.4) is 0 Å². The van der Waals surface area contributed by atoms with Crippen LogP contribution in [0.2, 0.25) is 0 Å². The third-order valence-electron chi connectivity index (χ3n) is 2.36. The minimum atomic E-state index is 0.580. The summed E-state index contributed by atoms with van der Waals surface area (Å²) in [6.07, 6.45) is 0. The second-order valence-electron chi connectivity index (χ2n) is 3.96. The first-order valence-corrected chi connectivity index (χ1v) is 5.44. The highest BCUT2D eigenvalue weighted by Crippen LogP contribution is 2.12. The highest BCUT2D eigenvalue weighted by Gasteiger charge is 2.19. The van der Waals surface area contributed by atoms with Crippen molar-refractivity contribution < 1.29 is 4.74 Å². The Kier molecular flexibility index (Phi) is 7.29. The van der Waals surface area contributed by atoms with E-state index in [4.69, 9.17) is 4.74 Å². The lowest BCUT2D eigenvalue weighted by atomic mass is 9.92. The fraction of sp³-hybridized carbons (Fsp3) is 1.00. The number of nitrogens with one attached hydrogen (secondary N) is 1. The number of ether oxygens (including phenoxy) is 1. The van der Waals surface area contributed by atoms with E-state index < -0.39 is 0 Å². The molecule has 0 saturated heterocycles. The third-order valence-corrected chi connectivity index (χ3v) is 2.36. The quantitative estimate of drug-likeness (QED) is 0.660. The van der Waals surface area contributed by atoms with Crippen LogP contribution in [-0.4, -0.2) is 25.8 Å². The van der Waals surface area contributed by atoms with Crippen LogP contribution in [-0.2, 0) is 4.74 Å². The molecule has 0 heterocycles. The van der Waals surface area contributed by atoms with Crippen molar-refractivity contribution in [3.05, 3.63) is 0 Å². The number of rotatable bonds is 7. The first-order chi connectivity index (χ1) is 6.13. The zero-order chi connectivity index (χ0) is 10.3. The summed E-state index contributed by atoms with van der Waals surface area (Å²) >= 11 is 0. The molecule has 2 unspecified atom stereocenters. The zero-order valence-corrected chi connectivity index (χ0v) is 9.76. The van der Waals surface area contributed by atoms with Crippen molar-refractivity contribution in [3.63, 3.8) is 0 Å². The summed E-state index contributed by atoms with van der Waals surface area (Å²) < 4.78 is 5.43. The second-order valence-corrected chi connectivity index (χ2v) is 3.96. The van der Waals surface area contributed by atoms with Crippen molar-refractivity contribution in [1.82, 2.24) is 5.32 Å². The molecule has 2 atom stereocenters. The Hall–Kier alpha value is -0.0800. The molecule has 0 aromatic heterocycles. The van der Waals surface area contributed by atoms with Gasteiger partial charge < -0.3 is 10.1 Å². The number of hydrogen-bond donors (Lipinski definition) is 1. The van der Waals surface area contributed by atoms with E-state index in [1.165, 1.54) is 0 Å². The Morgan fingerprint density at radius 2 is 1.77 bits per heavy atom. The van der Waals surface area contributed by atoms with Gasteiger partial charge in [0, 0.05) is 12.6 Å². The van der Waals surface area contributed by atoms with Crippen LogP contribution < -0.4 is 5.32 Å². The van der Waals surface area contributed by atoms with Crippen LogP contribution in [0.5, 0.6) is 0 Å². The normalized spacial score (nSPS) is 16.2. The molecular formula is C11H25NO. The molecule has 0 aliphatic carbocycles. The van der Waals surface area contributed by atoms with E-state index in [0.717, 1.165) is 19.8 Å². The topological polar surface area (TPSA) is 21.3 Å². The van der Waals surface area contributed by atoms with Crippen molar-refractivity contribution in [1.29, 1.82) is 0 Å². The summed E-state index contributed by atoms with van der Waals surface area (Å²) in [5.74, 6) is 1.27. The maximum Gasteiger partial charge on any atom is 0.0506 e. The van der Waals surface area contributed by atoms with Crippen molar-refractivity contribution in [3.8, 4) is 0 Å². The average Bonchev–Trinajstić information content (AvgIpc) is 2.09. The number of hydrogen-bond acceptors (Lipinski definition) is 2. The summed E-state index contributed by atoms with van der Waals surface area (Å²) in [7, 11) is 0. The van der Waals surface area contributed by atoms with Gasteiger partial charge in [-0.3, -0.25) is 0 Å². The lowest BCUT2D eigenvalue weighted by Crippen LogP contribution is -2.41. The maximum absolute atomic E-state index is 5.43. The highest BCUT2D eigenvalue weighted by molar-refractivity contribution is 4.75. The van der Waals surface area contributed by atoms with Crippen LogP contribution in [0.4, 0.5) is 0 Å². The third kappa shape index (κ3) is 5.27. The maximum atomic E-state index is 5.43. The summed E-state index contributed by atoms with van der Waals surface area (Å²) in [5.41, 5.74) is 0. The van der Waals surface area contributed by atoms with E-state index in [9.17, 15) is 0 Å². The lowest BCUT2D eigenvalue weighted by Gasteiger charge is -2.28. The lowest BCUT2D eigenvalue weighted by molar-refractivity contribution is 0.0925. The molecule has 0 amide bonds. The monoisotopic (exact) mass is 187 g/mol. The molecule has 2 nitrogen and oxygen atoms in total. The summed E-state index contributed by atoms with van der Waals surface area (Å²) in [6, 6.07) is 0.580. The standard InChI is InChI=1S/C11H25NO/c1-6-12-11(9(3)4)10(5)8-13-7-2/h9-12H,6-8H2,1-5H3. The molecular weight excluding hydrogens is 162 g/mol. The molecule has 0 aliphatic rings. The van der Waals surface area contributed by atoms with Gasteiger partial charge in [0.25, 0.3) is 0 Å². The molecule has 0 spiro atoms. The van der Waals surface area contributed by atoms with E-state index in [0.29, 0.717) is 17.9 Å². The molecule has 80 valence electrons. The van der Waals surface area contributed by atoms with Gasteiger partial charge in [-0.2, -0.15) is 0 Å². The SMILES string of the molecule is CCNC(C(C)C)C(C)COCC. The molecule has 1 N–H and O–H groups in total. The van der Waals surface area contributed by atoms with E-state index in [1.807, 2.05) is 6.92 Å². The molecule has 0 aromatic carbocycles. The first-order valence-electron chi connectivity index (χ1n) is 5.44. The van der Waals surface area contributed by atoms with Crippen LogP contribution in [0.1, 0.15) is 34.6 Å². The molecule has 0 radical (unpaired) electrons.